The topological polar surface area (TPSA) is 138 Å². The number of aliphatic hydroxyl groups excluding tert-OH is 1. The molecule has 2 aromatic carbocycles. The first kappa shape index (κ1) is 25.3. The predicted molar refractivity (Wildman–Crippen MR) is 144 cm³/mol. The first-order chi connectivity index (χ1) is 18.2. The molecule has 0 radical (unpaired) electrons. The number of aliphatic hydroxyl groups is 1. The lowest BCUT2D eigenvalue weighted by molar-refractivity contribution is 0.0897. The second-order valence-corrected chi connectivity index (χ2v) is 10.4. The number of carbonyl (C=O) groups excluding carboxylic acids is 1. The molecule has 4 N–H and O–H groups in total. The molecule has 196 valence electrons. The van der Waals surface area contributed by atoms with Crippen LogP contribution >= 0.6 is 0 Å². The van der Waals surface area contributed by atoms with Gasteiger partial charge >= 0.3 is 0 Å². The summed E-state index contributed by atoms with van der Waals surface area (Å²) >= 11 is 0. The molecule has 0 aliphatic carbocycles. The SMILES string of the molecule is CC(C)c1nnc(-c2cnc(Nc3ccc4c(c3)C(=O)NC(C)(C)C4)nc2N[C@H](CO)c2ccccc2)o1. The van der Waals surface area contributed by atoms with Crippen LogP contribution in [-0.4, -0.2) is 43.3 Å². The lowest BCUT2D eigenvalue weighted by Gasteiger charge is -2.32. The van der Waals surface area contributed by atoms with Crippen molar-refractivity contribution >= 4 is 23.4 Å². The number of aromatic nitrogens is 4. The van der Waals surface area contributed by atoms with Gasteiger partial charge in [-0.3, -0.25) is 4.79 Å². The first-order valence-corrected chi connectivity index (χ1v) is 12.6. The number of rotatable bonds is 8. The fourth-order valence-electron chi connectivity index (χ4n) is 4.41. The molecular formula is C28H31N7O3. The van der Waals surface area contributed by atoms with Crippen molar-refractivity contribution in [2.45, 2.75) is 51.6 Å². The number of fused-ring (bicyclic) bond motifs is 1. The van der Waals surface area contributed by atoms with Crippen molar-refractivity contribution in [3.8, 4) is 11.5 Å². The van der Waals surface area contributed by atoms with Crippen molar-refractivity contribution in [1.82, 2.24) is 25.5 Å². The van der Waals surface area contributed by atoms with Crippen LogP contribution in [0.4, 0.5) is 17.5 Å². The number of hydrogen-bond donors (Lipinski definition) is 4. The van der Waals surface area contributed by atoms with E-state index < -0.39 is 6.04 Å². The van der Waals surface area contributed by atoms with Crippen molar-refractivity contribution in [1.29, 1.82) is 0 Å². The van der Waals surface area contributed by atoms with Crippen LogP contribution in [-0.2, 0) is 6.42 Å². The Hall–Kier alpha value is -4.31. The molecule has 0 unspecified atom stereocenters. The Morgan fingerprint density at radius 3 is 2.61 bits per heavy atom. The van der Waals surface area contributed by atoms with Gasteiger partial charge in [0.1, 0.15) is 5.82 Å². The molecule has 10 heteroatoms. The molecule has 1 atom stereocenters. The number of nitrogens with one attached hydrogen (secondary N) is 3. The molecule has 3 heterocycles. The zero-order chi connectivity index (χ0) is 26.9. The molecule has 1 aliphatic rings. The first-order valence-electron chi connectivity index (χ1n) is 12.6. The van der Waals surface area contributed by atoms with E-state index in [9.17, 15) is 9.90 Å². The lowest BCUT2D eigenvalue weighted by Crippen LogP contribution is -2.49. The summed E-state index contributed by atoms with van der Waals surface area (Å²) in [6.45, 7) is 7.79. The summed E-state index contributed by atoms with van der Waals surface area (Å²) in [5, 5.41) is 28.0. The van der Waals surface area contributed by atoms with Gasteiger partial charge in [0.25, 0.3) is 11.8 Å². The van der Waals surface area contributed by atoms with Crippen LogP contribution in [0.2, 0.25) is 0 Å². The van der Waals surface area contributed by atoms with Crippen LogP contribution in [0.5, 0.6) is 0 Å². The van der Waals surface area contributed by atoms with Gasteiger partial charge in [0.05, 0.1) is 18.2 Å². The Morgan fingerprint density at radius 2 is 1.89 bits per heavy atom. The number of anilines is 3. The van der Waals surface area contributed by atoms with Crippen LogP contribution in [0, 0.1) is 0 Å². The number of hydrogen-bond acceptors (Lipinski definition) is 9. The molecule has 2 aromatic heterocycles. The van der Waals surface area contributed by atoms with E-state index in [1.54, 1.807) is 12.3 Å². The lowest BCUT2D eigenvalue weighted by atomic mass is 9.87. The van der Waals surface area contributed by atoms with Gasteiger partial charge in [-0.25, -0.2) is 4.98 Å². The summed E-state index contributed by atoms with van der Waals surface area (Å²) in [7, 11) is 0. The Labute approximate surface area is 220 Å². The van der Waals surface area contributed by atoms with Gasteiger partial charge in [-0.2, -0.15) is 4.98 Å². The van der Waals surface area contributed by atoms with Gasteiger partial charge in [-0.15, -0.1) is 10.2 Å². The highest BCUT2D eigenvalue weighted by Gasteiger charge is 2.30. The molecule has 4 aromatic rings. The molecule has 0 bridgehead atoms. The normalized spacial score (nSPS) is 15.1. The maximum atomic E-state index is 12.7. The summed E-state index contributed by atoms with van der Waals surface area (Å²) < 4.78 is 5.87. The number of carbonyl (C=O) groups is 1. The van der Waals surface area contributed by atoms with Gasteiger partial charge in [-0.1, -0.05) is 50.2 Å². The molecule has 1 aliphatic heterocycles. The minimum atomic E-state index is -0.430. The molecule has 0 spiro atoms. The zero-order valence-corrected chi connectivity index (χ0v) is 21.8. The maximum Gasteiger partial charge on any atom is 0.253 e. The zero-order valence-electron chi connectivity index (χ0n) is 21.8. The van der Waals surface area contributed by atoms with Crippen LogP contribution in [0.1, 0.15) is 67.0 Å². The van der Waals surface area contributed by atoms with E-state index in [-0.39, 0.29) is 29.9 Å². The molecule has 0 saturated heterocycles. The third kappa shape index (κ3) is 5.35. The number of benzene rings is 2. The average Bonchev–Trinajstić information content (AvgIpc) is 3.38. The standard InChI is InChI=1S/C28H31N7O3/c1-16(2)25-34-35-26(38-25)21-14-29-27(32-23(21)31-22(15-36)17-8-6-5-7-9-17)30-19-11-10-18-13-28(3,4)33-24(37)20(18)12-19/h5-12,14,16,22,36H,13,15H2,1-4H3,(H,33,37)(H2,29,30,31,32)/t22-/m1/s1. The molecule has 0 fully saturated rings. The van der Waals surface area contributed by atoms with Gasteiger partial charge in [-0.05, 0) is 43.5 Å². The van der Waals surface area contributed by atoms with E-state index in [1.165, 1.54) is 0 Å². The van der Waals surface area contributed by atoms with E-state index in [0.717, 1.165) is 17.5 Å². The minimum absolute atomic E-state index is 0.0656. The summed E-state index contributed by atoms with van der Waals surface area (Å²) in [4.78, 5) is 21.8. The van der Waals surface area contributed by atoms with Crippen LogP contribution in [0.25, 0.3) is 11.5 Å². The van der Waals surface area contributed by atoms with Crippen molar-refractivity contribution < 1.29 is 14.3 Å². The largest absolute Gasteiger partial charge is 0.420 e. The summed E-state index contributed by atoms with van der Waals surface area (Å²) in [5.41, 5.74) is 3.42. The molecule has 0 saturated carbocycles. The Morgan fingerprint density at radius 1 is 1.11 bits per heavy atom. The summed E-state index contributed by atoms with van der Waals surface area (Å²) in [5.74, 6) is 1.47. The molecule has 38 heavy (non-hydrogen) atoms. The van der Waals surface area contributed by atoms with E-state index >= 15 is 0 Å². The Balaban J connectivity index is 1.48. The van der Waals surface area contributed by atoms with Gasteiger partial charge < -0.3 is 25.5 Å². The van der Waals surface area contributed by atoms with Crippen molar-refractivity contribution in [3.63, 3.8) is 0 Å². The van der Waals surface area contributed by atoms with Crippen molar-refractivity contribution in [3.05, 3.63) is 77.3 Å². The monoisotopic (exact) mass is 513 g/mol. The minimum Gasteiger partial charge on any atom is -0.420 e. The average molecular weight is 514 g/mol. The van der Waals surface area contributed by atoms with E-state index in [1.807, 2.05) is 70.2 Å². The van der Waals surface area contributed by atoms with E-state index in [4.69, 9.17) is 9.40 Å². The van der Waals surface area contributed by atoms with Gasteiger partial charge in [0, 0.05) is 28.9 Å². The molecule has 10 nitrogen and oxygen atoms in total. The number of nitrogens with zero attached hydrogens (tertiary/aromatic N) is 4. The van der Waals surface area contributed by atoms with E-state index in [0.29, 0.717) is 34.5 Å². The van der Waals surface area contributed by atoms with Crippen LogP contribution in [0.15, 0.2) is 59.1 Å². The third-order valence-corrected chi connectivity index (χ3v) is 6.34. The van der Waals surface area contributed by atoms with Crippen molar-refractivity contribution in [2.75, 3.05) is 17.2 Å². The fourth-order valence-corrected chi connectivity index (χ4v) is 4.41. The smallest absolute Gasteiger partial charge is 0.253 e. The summed E-state index contributed by atoms with van der Waals surface area (Å²) in [6, 6.07) is 14.8. The summed E-state index contributed by atoms with van der Waals surface area (Å²) in [6.07, 6.45) is 2.35. The quantitative estimate of drug-likeness (QED) is 0.266. The van der Waals surface area contributed by atoms with Gasteiger partial charge in [0.15, 0.2) is 0 Å². The predicted octanol–water partition coefficient (Wildman–Crippen LogP) is 4.60. The van der Waals surface area contributed by atoms with Gasteiger partial charge in [0.2, 0.25) is 11.8 Å². The van der Waals surface area contributed by atoms with Crippen LogP contribution in [0.3, 0.4) is 0 Å². The second kappa shape index (κ2) is 10.2. The highest BCUT2D eigenvalue weighted by molar-refractivity contribution is 5.98. The van der Waals surface area contributed by atoms with Crippen LogP contribution < -0.4 is 16.0 Å². The molecular weight excluding hydrogens is 482 g/mol. The molecule has 5 rings (SSSR count). The second-order valence-electron chi connectivity index (χ2n) is 10.4. The van der Waals surface area contributed by atoms with Crippen molar-refractivity contribution in [2.24, 2.45) is 0 Å². The fraction of sp³-hybridized carbons (Fsp3) is 0.321. The number of amides is 1. The molecule has 1 amide bonds. The highest BCUT2D eigenvalue weighted by Crippen LogP contribution is 2.31. The Bertz CT molecular complexity index is 1450. The highest BCUT2D eigenvalue weighted by atomic mass is 16.4. The maximum absolute atomic E-state index is 12.7. The van der Waals surface area contributed by atoms with E-state index in [2.05, 4.69) is 31.1 Å². The Kier molecular flexibility index (Phi) is 6.81. The third-order valence-electron chi connectivity index (χ3n) is 6.34.